The highest BCUT2D eigenvalue weighted by atomic mass is 16.5. The number of benzene rings is 1. The van der Waals surface area contributed by atoms with E-state index in [2.05, 4.69) is 41.5 Å². The van der Waals surface area contributed by atoms with Crippen LogP contribution in [0.15, 0.2) is 12.1 Å². The van der Waals surface area contributed by atoms with Gasteiger partial charge < -0.3 is 14.6 Å². The Kier molecular flexibility index (Phi) is 6.81. The molecule has 0 unspecified atom stereocenters. The summed E-state index contributed by atoms with van der Waals surface area (Å²) in [6.07, 6.45) is -0.792. The van der Waals surface area contributed by atoms with E-state index in [1.807, 2.05) is 32.9 Å². The first-order valence-corrected chi connectivity index (χ1v) is 9.63. The van der Waals surface area contributed by atoms with Gasteiger partial charge in [-0.15, -0.1) is 0 Å². The molecule has 1 aromatic carbocycles. The Bertz CT molecular complexity index is 634. The molecule has 0 aliphatic rings. The van der Waals surface area contributed by atoms with Gasteiger partial charge in [0, 0.05) is 11.1 Å². The number of esters is 1. The van der Waals surface area contributed by atoms with Crippen molar-refractivity contribution in [2.45, 2.75) is 86.2 Å². The summed E-state index contributed by atoms with van der Waals surface area (Å²) in [6.45, 7) is 19.9. The van der Waals surface area contributed by atoms with Gasteiger partial charge in [-0.3, -0.25) is 4.79 Å². The highest BCUT2D eigenvalue weighted by Gasteiger charge is 2.35. The lowest BCUT2D eigenvalue weighted by molar-refractivity contribution is -0.145. The Labute approximate surface area is 165 Å². The number of carbonyl (C=O) groups excluding carboxylic acids is 1. The Morgan fingerprint density at radius 1 is 0.926 bits per heavy atom. The maximum absolute atomic E-state index is 12.9. The fourth-order valence-electron chi connectivity index (χ4n) is 3.02. The van der Waals surface area contributed by atoms with E-state index in [1.165, 1.54) is 0 Å². The molecule has 2 atom stereocenters. The lowest BCUT2D eigenvalue weighted by Gasteiger charge is -2.32. The summed E-state index contributed by atoms with van der Waals surface area (Å²) in [5, 5.41) is 10.5. The van der Waals surface area contributed by atoms with E-state index in [0.717, 1.165) is 16.9 Å². The van der Waals surface area contributed by atoms with Crippen molar-refractivity contribution < 1.29 is 19.4 Å². The molecule has 0 saturated heterocycles. The quantitative estimate of drug-likeness (QED) is 0.575. The predicted molar refractivity (Wildman–Crippen MR) is 111 cm³/mol. The molecular weight excluding hydrogens is 340 g/mol. The molecule has 0 aromatic heterocycles. The van der Waals surface area contributed by atoms with E-state index in [0.29, 0.717) is 5.75 Å². The van der Waals surface area contributed by atoms with E-state index >= 15 is 0 Å². The number of ether oxygens (including phenoxy) is 2. The molecule has 27 heavy (non-hydrogen) atoms. The average Bonchev–Trinajstić information content (AvgIpc) is 2.50. The van der Waals surface area contributed by atoms with Crippen LogP contribution in [-0.2, 0) is 15.6 Å². The van der Waals surface area contributed by atoms with E-state index in [-0.39, 0.29) is 10.8 Å². The van der Waals surface area contributed by atoms with Crippen molar-refractivity contribution in [1.29, 1.82) is 0 Å². The van der Waals surface area contributed by atoms with Gasteiger partial charge in [-0.05, 0) is 35.3 Å². The van der Waals surface area contributed by atoms with Gasteiger partial charge in [0.2, 0.25) is 0 Å². The van der Waals surface area contributed by atoms with Crippen LogP contribution in [0.25, 0.3) is 0 Å². The summed E-state index contributed by atoms with van der Waals surface area (Å²) in [5.41, 5.74) is 0.944. The molecule has 0 fully saturated rings. The maximum Gasteiger partial charge on any atom is 0.316 e. The van der Waals surface area contributed by atoms with Gasteiger partial charge in [0.15, 0.2) is 0 Å². The summed E-state index contributed by atoms with van der Waals surface area (Å²) < 4.78 is 11.4. The zero-order valence-corrected chi connectivity index (χ0v) is 19.0. The Balaban J connectivity index is 3.50. The largest absolute Gasteiger partial charge is 0.497 e. The second-order valence-electron chi connectivity index (χ2n) is 10.6. The van der Waals surface area contributed by atoms with Crippen molar-refractivity contribution >= 4 is 5.97 Å². The lowest BCUT2D eigenvalue weighted by atomic mass is 9.79. The molecule has 0 aliphatic carbocycles. The maximum atomic E-state index is 12.9. The van der Waals surface area contributed by atoms with Gasteiger partial charge in [-0.2, -0.15) is 0 Å². The zero-order valence-electron chi connectivity index (χ0n) is 19.0. The van der Waals surface area contributed by atoms with E-state index in [9.17, 15) is 9.90 Å². The first-order chi connectivity index (χ1) is 12.0. The molecule has 154 valence electrons. The molecule has 0 amide bonds. The number of carbonyl (C=O) groups is 1. The molecule has 0 bridgehead atoms. The van der Waals surface area contributed by atoms with Crippen LogP contribution in [0, 0.1) is 11.3 Å². The number of rotatable bonds is 4. The van der Waals surface area contributed by atoms with Crippen LogP contribution in [0.4, 0.5) is 0 Å². The number of hydrogen-bond acceptors (Lipinski definition) is 4. The summed E-state index contributed by atoms with van der Waals surface area (Å²) in [4.78, 5) is 12.9. The highest BCUT2D eigenvalue weighted by Crippen LogP contribution is 2.43. The first-order valence-electron chi connectivity index (χ1n) is 9.63. The second kappa shape index (κ2) is 7.83. The molecule has 1 rings (SSSR count). The van der Waals surface area contributed by atoms with Gasteiger partial charge in [-0.1, -0.05) is 62.3 Å². The van der Waals surface area contributed by atoms with Crippen LogP contribution >= 0.6 is 0 Å². The Morgan fingerprint density at radius 3 is 1.63 bits per heavy atom. The molecule has 0 aliphatic heterocycles. The minimum Gasteiger partial charge on any atom is -0.497 e. The van der Waals surface area contributed by atoms with Crippen LogP contribution in [-0.4, -0.2) is 24.3 Å². The fourth-order valence-corrected chi connectivity index (χ4v) is 3.02. The smallest absolute Gasteiger partial charge is 0.316 e. The third-order valence-electron chi connectivity index (χ3n) is 4.85. The second-order valence-corrected chi connectivity index (χ2v) is 10.6. The topological polar surface area (TPSA) is 55.8 Å². The molecule has 0 radical (unpaired) electrons. The lowest BCUT2D eigenvalue weighted by Crippen LogP contribution is -2.38. The van der Waals surface area contributed by atoms with Crippen molar-refractivity contribution in [2.24, 2.45) is 11.3 Å². The molecule has 0 saturated carbocycles. The first kappa shape index (κ1) is 23.5. The van der Waals surface area contributed by atoms with E-state index in [4.69, 9.17) is 9.47 Å². The molecule has 1 aromatic rings. The summed E-state index contributed by atoms with van der Waals surface area (Å²) in [5.74, 6) is 0.271. The zero-order chi connectivity index (χ0) is 21.4. The van der Waals surface area contributed by atoms with Crippen molar-refractivity contribution in [3.05, 3.63) is 23.3 Å². The van der Waals surface area contributed by atoms with Gasteiger partial charge in [0.1, 0.15) is 11.5 Å². The van der Waals surface area contributed by atoms with Crippen LogP contribution in [0.2, 0.25) is 0 Å². The van der Waals surface area contributed by atoms with Crippen molar-refractivity contribution in [2.75, 3.05) is 7.11 Å². The van der Waals surface area contributed by atoms with Crippen molar-refractivity contribution in [3.8, 4) is 11.5 Å². The van der Waals surface area contributed by atoms with Gasteiger partial charge in [-0.25, -0.2) is 0 Å². The normalized spacial score (nSPS) is 15.3. The third kappa shape index (κ3) is 5.71. The van der Waals surface area contributed by atoms with Gasteiger partial charge >= 0.3 is 5.97 Å². The van der Waals surface area contributed by atoms with Crippen LogP contribution in [0.3, 0.4) is 0 Å². The number of methoxy groups -OCH3 is 1. The molecule has 1 N–H and O–H groups in total. The van der Waals surface area contributed by atoms with E-state index in [1.54, 1.807) is 14.0 Å². The number of hydrogen-bond donors (Lipinski definition) is 1. The highest BCUT2D eigenvalue weighted by molar-refractivity contribution is 5.77. The van der Waals surface area contributed by atoms with Crippen LogP contribution in [0.1, 0.15) is 80.4 Å². The van der Waals surface area contributed by atoms with Crippen LogP contribution < -0.4 is 9.47 Å². The van der Waals surface area contributed by atoms with Crippen molar-refractivity contribution in [3.63, 3.8) is 0 Å². The molecular formula is C23H38O4. The SMILES string of the molecule is COc1cc(C(C)(C)C)c(OC(=O)[C@H](C)[C@H](O)C(C)(C)C)c(C(C)(C)C)c1. The van der Waals surface area contributed by atoms with Crippen LogP contribution in [0.5, 0.6) is 11.5 Å². The fraction of sp³-hybridized carbons (Fsp3) is 0.696. The number of aliphatic hydroxyl groups excluding tert-OH is 1. The minimum absolute atomic E-state index is 0.240. The van der Waals surface area contributed by atoms with Gasteiger partial charge in [0.25, 0.3) is 0 Å². The molecule has 4 nitrogen and oxygen atoms in total. The molecule has 0 heterocycles. The Morgan fingerprint density at radius 2 is 1.33 bits per heavy atom. The number of aliphatic hydroxyl groups is 1. The molecule has 4 heteroatoms. The van der Waals surface area contributed by atoms with E-state index < -0.39 is 23.4 Å². The molecule has 0 spiro atoms. The third-order valence-corrected chi connectivity index (χ3v) is 4.85. The average molecular weight is 379 g/mol. The predicted octanol–water partition coefficient (Wildman–Crippen LogP) is 5.24. The summed E-state index contributed by atoms with van der Waals surface area (Å²) >= 11 is 0. The monoisotopic (exact) mass is 378 g/mol. The van der Waals surface area contributed by atoms with Crippen molar-refractivity contribution in [1.82, 2.24) is 0 Å². The van der Waals surface area contributed by atoms with Gasteiger partial charge in [0.05, 0.1) is 19.1 Å². The standard InChI is InChI=1S/C23H38O4/c1-14(19(24)23(8,9)10)20(25)27-18-16(21(2,3)4)12-15(26-11)13-17(18)22(5,6)7/h12-14,19,24H,1-11H3/t14-,19+/m1/s1. The minimum atomic E-state index is -0.792. The Hall–Kier alpha value is -1.55. The summed E-state index contributed by atoms with van der Waals surface area (Å²) in [7, 11) is 1.64. The summed E-state index contributed by atoms with van der Waals surface area (Å²) in [6, 6.07) is 3.87.